The monoisotopic (exact) mass is 575 g/mol. The minimum absolute atomic E-state index is 0.0816. The zero-order valence-corrected chi connectivity index (χ0v) is 23.9. The summed E-state index contributed by atoms with van der Waals surface area (Å²) in [5.74, 6) is -0.400. The van der Waals surface area contributed by atoms with Gasteiger partial charge in [0.15, 0.2) is 16.7 Å². The van der Waals surface area contributed by atoms with E-state index < -0.39 is 5.82 Å². The highest BCUT2D eigenvalue weighted by Crippen LogP contribution is 2.32. The Kier molecular flexibility index (Phi) is 9.90. The zero-order chi connectivity index (χ0) is 28.4. The van der Waals surface area contributed by atoms with Gasteiger partial charge < -0.3 is 20.1 Å². The van der Waals surface area contributed by atoms with Gasteiger partial charge in [0.2, 0.25) is 0 Å². The average Bonchev–Trinajstić information content (AvgIpc) is 3.39. The predicted octanol–water partition coefficient (Wildman–Crippen LogP) is 6.54. The lowest BCUT2D eigenvalue weighted by Gasteiger charge is -2.26. The summed E-state index contributed by atoms with van der Waals surface area (Å²) < 4.78 is 26.5. The third-order valence-electron chi connectivity index (χ3n) is 6.85. The Balaban J connectivity index is 1.14. The number of fused-ring (bicyclic) bond motifs is 1. The summed E-state index contributed by atoms with van der Waals surface area (Å²) in [6.07, 6.45) is 6.33. The van der Waals surface area contributed by atoms with Crippen LogP contribution in [0, 0.1) is 5.82 Å². The standard InChI is InChI=1S/C31H34FN5O3S/c1-2-22(7-4-6-14-37-15-17-39-18-16-37)30(38)34-24-9-11-27-29(20-24)41-31(36-27)35-23-10-12-28(26(32)19-23)40-21-25-8-3-5-13-33-25/h2-3,5,8-13,19-20H,4,6-7,14-18,21H2,1H3,(H,34,38)(H,35,36)/b22-2+. The fraction of sp³-hybridized carbons (Fsp3) is 0.323. The maximum absolute atomic E-state index is 14.7. The molecule has 0 aliphatic carbocycles. The second-order valence-electron chi connectivity index (χ2n) is 9.76. The van der Waals surface area contributed by atoms with E-state index in [2.05, 4.69) is 25.5 Å². The minimum Gasteiger partial charge on any atom is -0.484 e. The van der Waals surface area contributed by atoms with Gasteiger partial charge in [-0.2, -0.15) is 0 Å². The van der Waals surface area contributed by atoms with E-state index in [1.165, 1.54) is 17.4 Å². The number of carbonyl (C=O) groups is 1. The van der Waals surface area contributed by atoms with Gasteiger partial charge in [-0.1, -0.05) is 23.5 Å². The van der Waals surface area contributed by atoms with E-state index in [0.29, 0.717) is 16.5 Å². The Morgan fingerprint density at radius 2 is 1.98 bits per heavy atom. The van der Waals surface area contributed by atoms with Crippen LogP contribution in [0.3, 0.4) is 0 Å². The average molecular weight is 576 g/mol. The predicted molar refractivity (Wildman–Crippen MR) is 161 cm³/mol. The zero-order valence-electron chi connectivity index (χ0n) is 23.1. The third kappa shape index (κ3) is 8.09. The van der Waals surface area contributed by atoms with Crippen molar-refractivity contribution in [1.29, 1.82) is 0 Å². The number of rotatable bonds is 12. The second-order valence-corrected chi connectivity index (χ2v) is 10.8. The Labute approximate surface area is 243 Å². The van der Waals surface area contributed by atoms with Crippen LogP contribution in [0.15, 0.2) is 72.4 Å². The van der Waals surface area contributed by atoms with E-state index in [1.807, 2.05) is 49.4 Å². The molecule has 2 aromatic heterocycles. The lowest BCUT2D eigenvalue weighted by Crippen LogP contribution is -2.36. The van der Waals surface area contributed by atoms with Crippen molar-refractivity contribution in [2.75, 3.05) is 43.5 Å². The number of allylic oxidation sites excluding steroid dienone is 1. The smallest absolute Gasteiger partial charge is 0.251 e. The molecule has 1 saturated heterocycles. The Morgan fingerprint density at radius 3 is 2.76 bits per heavy atom. The van der Waals surface area contributed by atoms with Gasteiger partial charge in [-0.15, -0.1) is 0 Å². The molecule has 1 aliphatic rings. The van der Waals surface area contributed by atoms with Crippen LogP contribution in [-0.4, -0.2) is 53.6 Å². The number of carbonyl (C=O) groups excluding carboxylic acids is 1. The van der Waals surface area contributed by atoms with Crippen molar-refractivity contribution in [3.05, 3.63) is 84.0 Å². The molecule has 1 fully saturated rings. The largest absolute Gasteiger partial charge is 0.484 e. The van der Waals surface area contributed by atoms with Gasteiger partial charge in [0.05, 0.1) is 29.1 Å². The molecule has 214 valence electrons. The molecule has 0 atom stereocenters. The first-order valence-corrected chi connectivity index (χ1v) is 14.7. The molecule has 0 spiro atoms. The lowest BCUT2D eigenvalue weighted by molar-refractivity contribution is -0.113. The number of aromatic nitrogens is 2. The molecule has 8 nitrogen and oxygen atoms in total. The molecule has 1 aliphatic heterocycles. The Hall–Kier alpha value is -3.86. The highest BCUT2D eigenvalue weighted by Gasteiger charge is 2.13. The van der Waals surface area contributed by atoms with Crippen LogP contribution in [0.25, 0.3) is 10.2 Å². The molecular weight excluding hydrogens is 541 g/mol. The molecule has 0 bridgehead atoms. The fourth-order valence-corrected chi connectivity index (χ4v) is 5.51. The summed E-state index contributed by atoms with van der Waals surface area (Å²) in [4.78, 5) is 24.1. The number of nitrogens with one attached hydrogen (secondary N) is 2. The van der Waals surface area contributed by atoms with E-state index >= 15 is 0 Å². The van der Waals surface area contributed by atoms with Crippen molar-refractivity contribution in [2.24, 2.45) is 0 Å². The molecule has 2 N–H and O–H groups in total. The summed E-state index contributed by atoms with van der Waals surface area (Å²) in [7, 11) is 0. The molecular formula is C31H34FN5O3S. The SMILES string of the molecule is C/C=C(\CCCCN1CCOCC1)C(=O)Nc1ccc2nc(Nc3ccc(OCc4ccccn4)c(F)c3)sc2c1. The summed E-state index contributed by atoms with van der Waals surface area (Å²) in [6, 6.07) is 15.9. The summed E-state index contributed by atoms with van der Waals surface area (Å²) in [5.41, 5.74) is 3.58. The van der Waals surface area contributed by atoms with Crippen LogP contribution < -0.4 is 15.4 Å². The number of pyridine rings is 1. The second kappa shape index (κ2) is 14.2. The summed E-state index contributed by atoms with van der Waals surface area (Å²) in [6.45, 7) is 6.71. The fourth-order valence-electron chi connectivity index (χ4n) is 4.59. The lowest BCUT2D eigenvalue weighted by atomic mass is 10.1. The van der Waals surface area contributed by atoms with Gasteiger partial charge >= 0.3 is 0 Å². The first-order chi connectivity index (χ1) is 20.1. The molecule has 0 unspecified atom stereocenters. The van der Waals surface area contributed by atoms with Crippen LogP contribution in [0.1, 0.15) is 31.9 Å². The number of nitrogens with zero attached hydrogens (tertiary/aromatic N) is 3. The molecule has 5 rings (SSSR count). The number of anilines is 3. The number of hydrogen-bond donors (Lipinski definition) is 2. The van der Waals surface area contributed by atoms with Crippen molar-refractivity contribution in [2.45, 2.75) is 32.8 Å². The normalized spacial score (nSPS) is 14.2. The van der Waals surface area contributed by atoms with Crippen molar-refractivity contribution in [1.82, 2.24) is 14.9 Å². The van der Waals surface area contributed by atoms with Crippen LogP contribution in [0.2, 0.25) is 0 Å². The number of hydrogen-bond acceptors (Lipinski definition) is 8. The number of unbranched alkanes of at least 4 members (excludes halogenated alkanes) is 1. The van der Waals surface area contributed by atoms with Gasteiger partial charge in [-0.25, -0.2) is 9.37 Å². The number of amides is 1. The van der Waals surface area contributed by atoms with Crippen LogP contribution in [-0.2, 0) is 16.1 Å². The number of benzene rings is 2. The van der Waals surface area contributed by atoms with Gasteiger partial charge in [-0.05, 0) is 75.2 Å². The first-order valence-electron chi connectivity index (χ1n) is 13.8. The van der Waals surface area contributed by atoms with Crippen LogP contribution in [0.4, 0.5) is 20.9 Å². The van der Waals surface area contributed by atoms with Crippen LogP contribution >= 0.6 is 11.3 Å². The quantitative estimate of drug-likeness (QED) is 0.146. The van der Waals surface area contributed by atoms with Crippen molar-refractivity contribution in [3.63, 3.8) is 0 Å². The van der Waals surface area contributed by atoms with E-state index in [4.69, 9.17) is 9.47 Å². The van der Waals surface area contributed by atoms with E-state index in [0.717, 1.165) is 73.6 Å². The molecule has 2 aromatic carbocycles. The number of morpholine rings is 1. The third-order valence-corrected chi connectivity index (χ3v) is 7.78. The van der Waals surface area contributed by atoms with Gasteiger partial charge in [0.25, 0.3) is 5.91 Å². The van der Waals surface area contributed by atoms with E-state index in [9.17, 15) is 9.18 Å². The molecule has 10 heteroatoms. The van der Waals surface area contributed by atoms with E-state index in [1.54, 1.807) is 18.3 Å². The Morgan fingerprint density at radius 1 is 1.12 bits per heavy atom. The van der Waals surface area contributed by atoms with Gasteiger partial charge in [0, 0.05) is 42.3 Å². The molecule has 0 radical (unpaired) electrons. The molecule has 0 saturated carbocycles. The number of halogens is 1. The summed E-state index contributed by atoms with van der Waals surface area (Å²) >= 11 is 1.43. The maximum atomic E-state index is 14.7. The van der Waals surface area contributed by atoms with Crippen molar-refractivity contribution >= 4 is 44.0 Å². The first kappa shape index (κ1) is 28.7. The Bertz CT molecular complexity index is 1490. The molecule has 1 amide bonds. The molecule has 4 aromatic rings. The van der Waals surface area contributed by atoms with Crippen molar-refractivity contribution < 1.29 is 18.7 Å². The van der Waals surface area contributed by atoms with Gasteiger partial charge in [0.1, 0.15) is 6.61 Å². The summed E-state index contributed by atoms with van der Waals surface area (Å²) in [5, 5.41) is 6.82. The number of ether oxygens (including phenoxy) is 2. The van der Waals surface area contributed by atoms with Gasteiger partial charge in [-0.3, -0.25) is 14.7 Å². The number of thiazole rings is 1. The maximum Gasteiger partial charge on any atom is 0.251 e. The van der Waals surface area contributed by atoms with Crippen LogP contribution in [0.5, 0.6) is 5.75 Å². The van der Waals surface area contributed by atoms with E-state index in [-0.39, 0.29) is 18.3 Å². The highest BCUT2D eigenvalue weighted by atomic mass is 32.1. The highest BCUT2D eigenvalue weighted by molar-refractivity contribution is 7.22. The molecule has 41 heavy (non-hydrogen) atoms. The minimum atomic E-state index is -0.474. The molecule has 3 heterocycles. The van der Waals surface area contributed by atoms with Crippen molar-refractivity contribution in [3.8, 4) is 5.75 Å². The topological polar surface area (TPSA) is 88.6 Å².